The summed E-state index contributed by atoms with van der Waals surface area (Å²) in [4.78, 5) is 11.9. The van der Waals surface area contributed by atoms with Crippen molar-refractivity contribution < 1.29 is 20.1 Å². The smallest absolute Gasteiger partial charge is 0.255 e. The second-order valence-electron chi connectivity index (χ2n) is 4.16. The Balaban J connectivity index is 2.20. The van der Waals surface area contributed by atoms with Crippen molar-refractivity contribution in [2.45, 2.75) is 6.92 Å². The van der Waals surface area contributed by atoms with Gasteiger partial charge in [-0.2, -0.15) is 0 Å². The predicted octanol–water partition coefficient (Wildman–Crippen LogP) is 2.36. The molecule has 2 aromatic carbocycles. The van der Waals surface area contributed by atoms with Crippen molar-refractivity contribution in [3.05, 3.63) is 47.5 Å². The summed E-state index contributed by atoms with van der Waals surface area (Å²) in [5, 5.41) is 30.6. The van der Waals surface area contributed by atoms with Crippen molar-refractivity contribution in [3.8, 4) is 17.2 Å². The average molecular weight is 259 g/mol. The first-order valence-electron chi connectivity index (χ1n) is 5.60. The van der Waals surface area contributed by atoms with Crippen LogP contribution in [0.15, 0.2) is 36.4 Å². The zero-order valence-corrected chi connectivity index (χ0v) is 10.2. The topological polar surface area (TPSA) is 89.8 Å². The van der Waals surface area contributed by atoms with Crippen LogP contribution < -0.4 is 5.32 Å². The Morgan fingerprint density at radius 1 is 0.947 bits per heavy atom. The van der Waals surface area contributed by atoms with Crippen molar-refractivity contribution in [2.75, 3.05) is 5.32 Å². The van der Waals surface area contributed by atoms with Crippen molar-refractivity contribution in [1.82, 2.24) is 0 Å². The second kappa shape index (κ2) is 4.89. The first kappa shape index (κ1) is 12.8. The zero-order chi connectivity index (χ0) is 14.0. The number of phenols is 3. The molecular weight excluding hydrogens is 246 g/mol. The van der Waals surface area contributed by atoms with E-state index in [1.807, 2.05) is 0 Å². The Kier molecular flexibility index (Phi) is 3.29. The molecule has 0 heterocycles. The number of aromatic hydroxyl groups is 3. The molecule has 98 valence electrons. The molecule has 0 aliphatic carbocycles. The van der Waals surface area contributed by atoms with Crippen molar-refractivity contribution in [3.63, 3.8) is 0 Å². The van der Waals surface area contributed by atoms with Gasteiger partial charge in [-0.25, -0.2) is 0 Å². The van der Waals surface area contributed by atoms with E-state index in [-0.39, 0.29) is 22.8 Å². The molecule has 5 heteroatoms. The molecule has 0 atom stereocenters. The number of aryl methyl sites for hydroxylation is 1. The van der Waals surface area contributed by atoms with Crippen LogP contribution in [0.3, 0.4) is 0 Å². The monoisotopic (exact) mass is 259 g/mol. The molecule has 0 fully saturated rings. The fraction of sp³-hybridized carbons (Fsp3) is 0.0714. The zero-order valence-electron chi connectivity index (χ0n) is 10.2. The van der Waals surface area contributed by atoms with Crippen LogP contribution in [0.2, 0.25) is 0 Å². The van der Waals surface area contributed by atoms with Gasteiger partial charge < -0.3 is 20.6 Å². The molecule has 4 N–H and O–H groups in total. The minimum absolute atomic E-state index is 0.0892. The molecule has 0 radical (unpaired) electrons. The summed E-state index contributed by atoms with van der Waals surface area (Å²) in [6.45, 7) is 1.75. The lowest BCUT2D eigenvalue weighted by Gasteiger charge is -2.07. The van der Waals surface area contributed by atoms with Gasteiger partial charge in [0.1, 0.15) is 5.75 Å². The standard InChI is InChI=1S/C14H13NO4/c1-8-2-4-10(7-12(8)17)15-14(19)9-3-5-11(16)13(18)6-9/h2-7,16-18H,1H3,(H,15,19). The third-order valence-electron chi connectivity index (χ3n) is 2.70. The largest absolute Gasteiger partial charge is 0.508 e. The Morgan fingerprint density at radius 3 is 2.32 bits per heavy atom. The van der Waals surface area contributed by atoms with Gasteiger partial charge in [0.15, 0.2) is 11.5 Å². The Bertz CT molecular complexity index is 637. The van der Waals surface area contributed by atoms with Gasteiger partial charge >= 0.3 is 0 Å². The van der Waals surface area contributed by atoms with Crippen molar-refractivity contribution >= 4 is 11.6 Å². The normalized spacial score (nSPS) is 10.2. The average Bonchev–Trinajstić information content (AvgIpc) is 2.37. The summed E-state index contributed by atoms with van der Waals surface area (Å²) < 4.78 is 0. The van der Waals surface area contributed by atoms with E-state index in [4.69, 9.17) is 5.11 Å². The van der Waals surface area contributed by atoms with Gasteiger partial charge in [-0.3, -0.25) is 4.79 Å². The highest BCUT2D eigenvalue weighted by Gasteiger charge is 2.09. The van der Waals surface area contributed by atoms with Crippen LogP contribution in [-0.4, -0.2) is 21.2 Å². The molecular formula is C14H13NO4. The quantitative estimate of drug-likeness (QED) is 0.623. The number of carbonyl (C=O) groups is 1. The summed E-state index contributed by atoms with van der Waals surface area (Å²) in [6.07, 6.45) is 0. The lowest BCUT2D eigenvalue weighted by molar-refractivity contribution is 0.102. The molecule has 0 aromatic heterocycles. The van der Waals surface area contributed by atoms with E-state index < -0.39 is 5.91 Å². The van der Waals surface area contributed by atoms with E-state index in [9.17, 15) is 15.0 Å². The Labute approximate surface area is 109 Å². The minimum atomic E-state index is -0.446. The molecule has 0 bridgehead atoms. The number of benzene rings is 2. The number of hydrogen-bond donors (Lipinski definition) is 4. The third-order valence-corrected chi connectivity index (χ3v) is 2.70. The number of amides is 1. The summed E-state index contributed by atoms with van der Waals surface area (Å²) >= 11 is 0. The molecule has 5 nitrogen and oxygen atoms in total. The van der Waals surface area contributed by atoms with Gasteiger partial charge in [-0.1, -0.05) is 6.07 Å². The SMILES string of the molecule is Cc1ccc(NC(=O)c2ccc(O)c(O)c2)cc1O. The molecule has 0 aliphatic rings. The van der Waals surface area contributed by atoms with E-state index >= 15 is 0 Å². The van der Waals surface area contributed by atoms with Crippen LogP contribution >= 0.6 is 0 Å². The van der Waals surface area contributed by atoms with Crippen LogP contribution in [0.1, 0.15) is 15.9 Å². The van der Waals surface area contributed by atoms with Crippen LogP contribution in [0.25, 0.3) is 0 Å². The van der Waals surface area contributed by atoms with Crippen molar-refractivity contribution in [1.29, 1.82) is 0 Å². The minimum Gasteiger partial charge on any atom is -0.508 e. The highest BCUT2D eigenvalue weighted by molar-refractivity contribution is 6.04. The first-order valence-corrected chi connectivity index (χ1v) is 5.60. The van der Waals surface area contributed by atoms with E-state index in [2.05, 4.69) is 5.32 Å². The third kappa shape index (κ3) is 2.77. The predicted molar refractivity (Wildman–Crippen MR) is 70.6 cm³/mol. The molecule has 19 heavy (non-hydrogen) atoms. The van der Waals surface area contributed by atoms with Gasteiger partial charge in [0.2, 0.25) is 0 Å². The fourth-order valence-corrected chi connectivity index (χ4v) is 1.56. The summed E-state index contributed by atoms with van der Waals surface area (Å²) in [5.41, 5.74) is 1.36. The molecule has 0 saturated carbocycles. The van der Waals surface area contributed by atoms with E-state index in [1.54, 1.807) is 19.1 Å². The van der Waals surface area contributed by atoms with Crippen LogP contribution in [0.5, 0.6) is 17.2 Å². The molecule has 2 rings (SSSR count). The Morgan fingerprint density at radius 2 is 1.68 bits per heavy atom. The highest BCUT2D eigenvalue weighted by atomic mass is 16.3. The second-order valence-corrected chi connectivity index (χ2v) is 4.16. The Hall–Kier alpha value is -2.69. The maximum Gasteiger partial charge on any atom is 0.255 e. The van der Waals surface area contributed by atoms with Gasteiger partial charge in [-0.05, 0) is 36.8 Å². The summed E-state index contributed by atoms with van der Waals surface area (Å²) in [5.74, 6) is -1.01. The number of hydrogen-bond acceptors (Lipinski definition) is 4. The first-order chi connectivity index (χ1) is 8.97. The number of rotatable bonds is 2. The molecule has 1 amide bonds. The molecule has 0 saturated heterocycles. The van der Waals surface area contributed by atoms with Crippen molar-refractivity contribution in [2.24, 2.45) is 0 Å². The van der Waals surface area contributed by atoms with E-state index in [0.29, 0.717) is 11.3 Å². The number of nitrogens with one attached hydrogen (secondary N) is 1. The number of carbonyl (C=O) groups excluding carboxylic acids is 1. The van der Waals surface area contributed by atoms with E-state index in [0.717, 1.165) is 0 Å². The molecule has 0 aliphatic heterocycles. The molecule has 0 unspecified atom stereocenters. The summed E-state index contributed by atoms with van der Waals surface area (Å²) in [6, 6.07) is 8.56. The van der Waals surface area contributed by atoms with Crippen LogP contribution in [-0.2, 0) is 0 Å². The molecule has 2 aromatic rings. The van der Waals surface area contributed by atoms with Gasteiger partial charge in [0.05, 0.1) is 0 Å². The number of anilines is 1. The lowest BCUT2D eigenvalue weighted by Crippen LogP contribution is -2.11. The summed E-state index contributed by atoms with van der Waals surface area (Å²) in [7, 11) is 0. The number of phenolic OH excluding ortho intramolecular Hbond substituents is 3. The van der Waals surface area contributed by atoms with Gasteiger partial charge in [-0.15, -0.1) is 0 Å². The maximum atomic E-state index is 11.9. The van der Waals surface area contributed by atoms with Crippen LogP contribution in [0, 0.1) is 6.92 Å². The van der Waals surface area contributed by atoms with Crippen LogP contribution in [0.4, 0.5) is 5.69 Å². The van der Waals surface area contributed by atoms with E-state index in [1.165, 1.54) is 24.3 Å². The fourth-order valence-electron chi connectivity index (χ4n) is 1.56. The highest BCUT2D eigenvalue weighted by Crippen LogP contribution is 2.26. The van der Waals surface area contributed by atoms with Gasteiger partial charge in [0, 0.05) is 17.3 Å². The maximum absolute atomic E-state index is 11.9. The van der Waals surface area contributed by atoms with Gasteiger partial charge in [0.25, 0.3) is 5.91 Å². The molecule has 0 spiro atoms. The lowest BCUT2D eigenvalue weighted by atomic mass is 10.1.